The third-order valence-electron chi connectivity index (χ3n) is 2.57. The van der Waals surface area contributed by atoms with Crippen LogP contribution in [0.1, 0.15) is 12.0 Å². The van der Waals surface area contributed by atoms with Gasteiger partial charge in [0.15, 0.2) is 0 Å². The fraction of sp³-hybridized carbons (Fsp3) is 0.462. The van der Waals surface area contributed by atoms with E-state index in [0.717, 1.165) is 25.0 Å². The summed E-state index contributed by atoms with van der Waals surface area (Å²) in [5, 5.41) is 14.0. The van der Waals surface area contributed by atoms with Gasteiger partial charge in [-0.2, -0.15) is 0 Å². The largest absolute Gasteiger partial charge is 0.394 e. The van der Waals surface area contributed by atoms with Crippen LogP contribution in [-0.4, -0.2) is 36.5 Å². The molecule has 0 aliphatic carbocycles. The maximum Gasteiger partial charge on any atom is 0.0809 e. The zero-order valence-electron chi connectivity index (χ0n) is 10.3. The number of hydrogen-bond acceptors (Lipinski definition) is 5. The number of thiophene rings is 1. The summed E-state index contributed by atoms with van der Waals surface area (Å²) in [5.41, 5.74) is 2.28. The minimum atomic E-state index is 0.0971. The Bertz CT molecular complexity index is 473. The fourth-order valence-electron chi connectivity index (χ4n) is 1.68. The fourth-order valence-corrected chi connectivity index (χ4v) is 2.49. The number of aromatic nitrogens is 1. The summed E-state index contributed by atoms with van der Waals surface area (Å²) in [6, 6.07) is 4.22. The second kappa shape index (κ2) is 7.43. The number of ether oxygens (including phenoxy) is 1. The molecular formula is C13H18N2O2S. The summed E-state index contributed by atoms with van der Waals surface area (Å²) in [6.07, 6.45) is 2.87. The number of fused-ring (bicyclic) bond motifs is 1. The third-order valence-corrected chi connectivity index (χ3v) is 3.42. The van der Waals surface area contributed by atoms with E-state index in [1.165, 1.54) is 10.3 Å². The van der Waals surface area contributed by atoms with Gasteiger partial charge < -0.3 is 15.2 Å². The van der Waals surface area contributed by atoms with Crippen LogP contribution in [0, 0.1) is 0 Å². The minimum Gasteiger partial charge on any atom is -0.394 e. The molecule has 0 aliphatic heterocycles. The SMILES string of the molecule is OCCOCCCNCc1cnc2ccsc2c1. The first-order valence-electron chi connectivity index (χ1n) is 6.11. The molecule has 5 heteroatoms. The Kier molecular flexibility index (Phi) is 5.54. The van der Waals surface area contributed by atoms with Gasteiger partial charge in [0.2, 0.25) is 0 Å². The van der Waals surface area contributed by atoms with Crippen LogP contribution in [0.3, 0.4) is 0 Å². The highest BCUT2D eigenvalue weighted by Gasteiger charge is 1.98. The Morgan fingerprint density at radius 1 is 1.39 bits per heavy atom. The van der Waals surface area contributed by atoms with Crippen molar-refractivity contribution in [3.05, 3.63) is 29.3 Å². The molecule has 0 fully saturated rings. The maximum absolute atomic E-state index is 8.54. The van der Waals surface area contributed by atoms with Crippen LogP contribution < -0.4 is 5.32 Å². The van der Waals surface area contributed by atoms with Gasteiger partial charge in [-0.05, 0) is 36.0 Å². The van der Waals surface area contributed by atoms with Crippen LogP contribution in [-0.2, 0) is 11.3 Å². The number of hydrogen-bond donors (Lipinski definition) is 2. The molecule has 2 heterocycles. The second-order valence-electron chi connectivity index (χ2n) is 4.01. The van der Waals surface area contributed by atoms with Crippen molar-refractivity contribution >= 4 is 21.6 Å². The van der Waals surface area contributed by atoms with Crippen molar-refractivity contribution in [2.45, 2.75) is 13.0 Å². The van der Waals surface area contributed by atoms with Crippen LogP contribution in [0.4, 0.5) is 0 Å². The summed E-state index contributed by atoms with van der Waals surface area (Å²) in [7, 11) is 0. The normalized spacial score (nSPS) is 11.2. The zero-order valence-corrected chi connectivity index (χ0v) is 11.1. The number of nitrogens with zero attached hydrogens (tertiary/aromatic N) is 1. The molecule has 0 saturated heterocycles. The predicted molar refractivity (Wildman–Crippen MR) is 73.8 cm³/mol. The standard InChI is InChI=1S/C13H18N2O2S/c16-4-6-17-5-1-3-14-9-11-8-13-12(15-10-11)2-7-18-13/h2,7-8,10,14,16H,1,3-6,9H2. The molecule has 2 rings (SSSR count). The molecule has 0 aliphatic rings. The van der Waals surface area contributed by atoms with Gasteiger partial charge >= 0.3 is 0 Å². The predicted octanol–water partition coefficient (Wildman–Crippen LogP) is 1.78. The van der Waals surface area contributed by atoms with Gasteiger partial charge in [-0.1, -0.05) is 0 Å². The number of aliphatic hydroxyl groups excluding tert-OH is 1. The molecule has 0 saturated carbocycles. The van der Waals surface area contributed by atoms with Gasteiger partial charge in [-0.15, -0.1) is 11.3 Å². The first-order chi connectivity index (χ1) is 8.90. The first kappa shape index (κ1) is 13.4. The monoisotopic (exact) mass is 266 g/mol. The lowest BCUT2D eigenvalue weighted by Crippen LogP contribution is -2.16. The molecule has 2 aromatic heterocycles. The molecule has 0 spiro atoms. The topological polar surface area (TPSA) is 54.4 Å². The van der Waals surface area contributed by atoms with Crippen LogP contribution in [0.25, 0.3) is 10.2 Å². The van der Waals surface area contributed by atoms with Crippen molar-refractivity contribution < 1.29 is 9.84 Å². The Morgan fingerprint density at radius 2 is 2.33 bits per heavy atom. The molecule has 2 N–H and O–H groups in total. The summed E-state index contributed by atoms with van der Waals surface area (Å²) < 4.78 is 6.42. The van der Waals surface area contributed by atoms with Gasteiger partial charge in [0.05, 0.1) is 23.4 Å². The molecule has 98 valence electrons. The third kappa shape index (κ3) is 4.03. The Labute approximate surface area is 111 Å². The molecule has 0 bridgehead atoms. The average Bonchev–Trinajstić information content (AvgIpc) is 2.85. The molecular weight excluding hydrogens is 248 g/mol. The van der Waals surface area contributed by atoms with E-state index in [1.54, 1.807) is 11.3 Å². The first-order valence-corrected chi connectivity index (χ1v) is 6.99. The Hall–Kier alpha value is -1.01. The molecule has 0 radical (unpaired) electrons. The van der Waals surface area contributed by atoms with E-state index in [-0.39, 0.29) is 6.61 Å². The van der Waals surface area contributed by atoms with E-state index >= 15 is 0 Å². The van der Waals surface area contributed by atoms with E-state index in [1.807, 2.05) is 12.3 Å². The number of pyridine rings is 1. The zero-order chi connectivity index (χ0) is 12.6. The molecule has 0 unspecified atom stereocenters. The van der Waals surface area contributed by atoms with Crippen molar-refractivity contribution in [1.82, 2.24) is 10.3 Å². The van der Waals surface area contributed by atoms with Gasteiger partial charge in [0.1, 0.15) is 0 Å². The van der Waals surface area contributed by atoms with Gasteiger partial charge in [0.25, 0.3) is 0 Å². The highest BCUT2D eigenvalue weighted by molar-refractivity contribution is 7.17. The molecule has 2 aromatic rings. The highest BCUT2D eigenvalue weighted by Crippen LogP contribution is 2.19. The molecule has 0 atom stereocenters. The van der Waals surface area contributed by atoms with Crippen LogP contribution in [0.5, 0.6) is 0 Å². The number of nitrogens with one attached hydrogen (secondary N) is 1. The summed E-state index contributed by atoms with van der Waals surface area (Å²) >= 11 is 1.72. The van der Waals surface area contributed by atoms with Gasteiger partial charge in [0, 0.05) is 19.3 Å². The van der Waals surface area contributed by atoms with Crippen molar-refractivity contribution in [2.24, 2.45) is 0 Å². The molecule has 0 aromatic carbocycles. The molecule has 18 heavy (non-hydrogen) atoms. The smallest absolute Gasteiger partial charge is 0.0809 e. The number of rotatable bonds is 8. The van der Waals surface area contributed by atoms with Crippen molar-refractivity contribution in [2.75, 3.05) is 26.4 Å². The second-order valence-corrected chi connectivity index (χ2v) is 4.96. The van der Waals surface area contributed by atoms with Crippen molar-refractivity contribution in [3.63, 3.8) is 0 Å². The minimum absolute atomic E-state index is 0.0971. The summed E-state index contributed by atoms with van der Waals surface area (Å²) in [6.45, 7) is 2.96. The van der Waals surface area contributed by atoms with E-state index in [9.17, 15) is 0 Å². The Balaban J connectivity index is 1.67. The maximum atomic E-state index is 8.54. The lowest BCUT2D eigenvalue weighted by atomic mass is 10.2. The van der Waals surface area contributed by atoms with Crippen molar-refractivity contribution in [1.29, 1.82) is 0 Å². The summed E-state index contributed by atoms with van der Waals surface area (Å²) in [5.74, 6) is 0. The van der Waals surface area contributed by atoms with E-state index in [2.05, 4.69) is 21.7 Å². The average molecular weight is 266 g/mol. The van der Waals surface area contributed by atoms with E-state index in [4.69, 9.17) is 9.84 Å². The highest BCUT2D eigenvalue weighted by atomic mass is 32.1. The number of aliphatic hydroxyl groups is 1. The van der Waals surface area contributed by atoms with Crippen LogP contribution >= 0.6 is 11.3 Å². The van der Waals surface area contributed by atoms with Crippen molar-refractivity contribution in [3.8, 4) is 0 Å². The quantitative estimate of drug-likeness (QED) is 0.715. The van der Waals surface area contributed by atoms with E-state index < -0.39 is 0 Å². The van der Waals surface area contributed by atoms with Crippen LogP contribution in [0.2, 0.25) is 0 Å². The van der Waals surface area contributed by atoms with E-state index in [0.29, 0.717) is 13.2 Å². The lowest BCUT2D eigenvalue weighted by molar-refractivity contribution is 0.0907. The van der Waals surface area contributed by atoms with Crippen LogP contribution in [0.15, 0.2) is 23.7 Å². The van der Waals surface area contributed by atoms with Gasteiger partial charge in [-0.25, -0.2) is 0 Å². The molecule has 4 nitrogen and oxygen atoms in total. The van der Waals surface area contributed by atoms with Gasteiger partial charge in [-0.3, -0.25) is 4.98 Å². The lowest BCUT2D eigenvalue weighted by Gasteiger charge is -2.05. The summed E-state index contributed by atoms with van der Waals surface area (Å²) in [4.78, 5) is 4.40. The molecule has 0 amide bonds. The Morgan fingerprint density at radius 3 is 3.22 bits per heavy atom.